The molecule has 1 heterocycles. The average Bonchev–Trinajstić information content (AvgIpc) is 2.84. The Kier molecular flexibility index (Phi) is 6.93. The number of aryl methyl sites for hydroxylation is 1. The molecule has 0 saturated carbocycles. The standard InChI is InChI=1S/C18H28N2O3S2/c1-5-13-25(22,23)19(6-2)11-12-20-17(21)15(4)24-18(20)16-9-7-14(3)8-10-16/h7-10,15,18H,5-6,11-13H2,1-4H3/t15-,18-/m1/s1. The van der Waals surface area contributed by atoms with E-state index in [1.807, 2.05) is 44.7 Å². The third-order valence-corrected chi connectivity index (χ3v) is 7.95. The number of amides is 1. The normalized spacial score (nSPS) is 21.3. The van der Waals surface area contributed by atoms with Crippen LogP contribution in [0.2, 0.25) is 0 Å². The maximum absolute atomic E-state index is 12.6. The third kappa shape index (κ3) is 4.77. The molecule has 0 N–H and O–H groups in total. The Labute approximate surface area is 155 Å². The zero-order valence-corrected chi connectivity index (χ0v) is 17.1. The fourth-order valence-electron chi connectivity index (χ4n) is 2.99. The van der Waals surface area contributed by atoms with Gasteiger partial charge in [-0.15, -0.1) is 11.8 Å². The molecule has 5 nitrogen and oxygen atoms in total. The van der Waals surface area contributed by atoms with Crippen LogP contribution >= 0.6 is 11.8 Å². The smallest absolute Gasteiger partial charge is 0.236 e. The Bertz CT molecular complexity index is 689. The summed E-state index contributed by atoms with van der Waals surface area (Å²) in [6.45, 7) is 8.86. The van der Waals surface area contributed by atoms with Crippen LogP contribution in [0.1, 0.15) is 43.7 Å². The van der Waals surface area contributed by atoms with Gasteiger partial charge >= 0.3 is 0 Å². The van der Waals surface area contributed by atoms with Crippen molar-refractivity contribution < 1.29 is 13.2 Å². The molecule has 25 heavy (non-hydrogen) atoms. The van der Waals surface area contributed by atoms with Crippen molar-refractivity contribution in [2.24, 2.45) is 0 Å². The van der Waals surface area contributed by atoms with E-state index in [4.69, 9.17) is 0 Å². The molecule has 2 rings (SSSR count). The van der Waals surface area contributed by atoms with Gasteiger partial charge in [0.15, 0.2) is 0 Å². The van der Waals surface area contributed by atoms with Gasteiger partial charge in [0.2, 0.25) is 15.9 Å². The van der Waals surface area contributed by atoms with Gasteiger partial charge in [-0.3, -0.25) is 4.79 Å². The molecule has 0 aromatic heterocycles. The van der Waals surface area contributed by atoms with Crippen LogP contribution in [0, 0.1) is 6.92 Å². The van der Waals surface area contributed by atoms with Gasteiger partial charge in [0.1, 0.15) is 5.37 Å². The van der Waals surface area contributed by atoms with Crippen LogP contribution in [0.5, 0.6) is 0 Å². The highest BCUT2D eigenvalue weighted by Gasteiger charge is 2.38. The number of hydrogen-bond donors (Lipinski definition) is 0. The van der Waals surface area contributed by atoms with Crippen LogP contribution in [0.4, 0.5) is 0 Å². The average molecular weight is 385 g/mol. The van der Waals surface area contributed by atoms with Gasteiger partial charge in [-0.1, -0.05) is 43.7 Å². The summed E-state index contributed by atoms with van der Waals surface area (Å²) < 4.78 is 26.1. The fourth-order valence-corrected chi connectivity index (χ4v) is 5.83. The lowest BCUT2D eigenvalue weighted by Gasteiger charge is -2.28. The molecule has 0 aliphatic carbocycles. The highest BCUT2D eigenvalue weighted by Crippen LogP contribution is 2.42. The predicted octanol–water partition coefficient (Wildman–Crippen LogP) is 3.02. The number of nitrogens with zero attached hydrogens (tertiary/aromatic N) is 2. The summed E-state index contributed by atoms with van der Waals surface area (Å²) in [7, 11) is -3.24. The van der Waals surface area contributed by atoms with Crippen LogP contribution < -0.4 is 0 Å². The molecule has 1 fully saturated rings. The highest BCUT2D eigenvalue weighted by molar-refractivity contribution is 8.01. The molecule has 0 bridgehead atoms. The SMILES string of the molecule is CCCS(=O)(=O)N(CC)CCN1C(=O)[C@@H](C)S[C@@H]1c1ccc(C)cc1. The van der Waals surface area contributed by atoms with E-state index in [9.17, 15) is 13.2 Å². The van der Waals surface area contributed by atoms with Crippen molar-refractivity contribution in [2.45, 2.75) is 44.7 Å². The Morgan fingerprint density at radius 1 is 1.20 bits per heavy atom. The molecule has 0 radical (unpaired) electrons. The Morgan fingerprint density at radius 2 is 1.84 bits per heavy atom. The van der Waals surface area contributed by atoms with Gasteiger partial charge in [0.25, 0.3) is 0 Å². The number of likely N-dealkylation sites (N-methyl/N-ethyl adjacent to an activating group) is 1. The van der Waals surface area contributed by atoms with E-state index < -0.39 is 10.0 Å². The van der Waals surface area contributed by atoms with E-state index in [1.54, 1.807) is 11.8 Å². The fraction of sp³-hybridized carbons (Fsp3) is 0.611. The second-order valence-corrected chi connectivity index (χ2v) is 9.89. The summed E-state index contributed by atoms with van der Waals surface area (Å²) in [6.07, 6.45) is 0.598. The maximum Gasteiger partial charge on any atom is 0.236 e. The van der Waals surface area contributed by atoms with Crippen molar-refractivity contribution in [1.29, 1.82) is 0 Å². The minimum absolute atomic E-state index is 0.0457. The van der Waals surface area contributed by atoms with Gasteiger partial charge < -0.3 is 4.90 Å². The summed E-state index contributed by atoms with van der Waals surface area (Å²) in [5, 5.41) is -0.149. The first-order chi connectivity index (χ1) is 11.8. The first-order valence-electron chi connectivity index (χ1n) is 8.80. The molecular weight excluding hydrogens is 356 g/mol. The van der Waals surface area contributed by atoms with Crippen molar-refractivity contribution in [2.75, 3.05) is 25.4 Å². The van der Waals surface area contributed by atoms with Crippen molar-refractivity contribution in [3.63, 3.8) is 0 Å². The van der Waals surface area contributed by atoms with E-state index in [0.29, 0.717) is 26.1 Å². The Morgan fingerprint density at radius 3 is 2.40 bits per heavy atom. The molecular formula is C18H28N2O3S2. The van der Waals surface area contributed by atoms with Crippen molar-refractivity contribution in [1.82, 2.24) is 9.21 Å². The van der Waals surface area contributed by atoms with Crippen molar-refractivity contribution in [3.05, 3.63) is 35.4 Å². The largest absolute Gasteiger partial charge is 0.324 e. The minimum Gasteiger partial charge on any atom is -0.324 e. The molecule has 1 aliphatic heterocycles. The molecule has 0 unspecified atom stereocenters. The number of thioether (sulfide) groups is 1. The lowest BCUT2D eigenvalue weighted by Crippen LogP contribution is -2.41. The molecule has 1 aromatic carbocycles. The monoisotopic (exact) mass is 384 g/mol. The van der Waals surface area contributed by atoms with Gasteiger partial charge in [-0.25, -0.2) is 12.7 Å². The van der Waals surface area contributed by atoms with E-state index >= 15 is 0 Å². The van der Waals surface area contributed by atoms with Crippen LogP contribution in [0.15, 0.2) is 24.3 Å². The summed E-state index contributed by atoms with van der Waals surface area (Å²) in [5.41, 5.74) is 2.27. The summed E-state index contributed by atoms with van der Waals surface area (Å²) in [5.74, 6) is 0.237. The van der Waals surface area contributed by atoms with E-state index in [1.165, 1.54) is 9.87 Å². The van der Waals surface area contributed by atoms with Gasteiger partial charge in [0, 0.05) is 19.6 Å². The number of hydrogen-bond acceptors (Lipinski definition) is 4. The molecule has 1 saturated heterocycles. The van der Waals surface area contributed by atoms with E-state index in [0.717, 1.165) is 5.56 Å². The molecule has 0 spiro atoms. The molecule has 1 aliphatic rings. The topological polar surface area (TPSA) is 57.7 Å². The second-order valence-electron chi connectivity index (χ2n) is 6.38. The lowest BCUT2D eigenvalue weighted by atomic mass is 10.1. The quantitative estimate of drug-likeness (QED) is 0.691. The van der Waals surface area contributed by atoms with Crippen molar-refractivity contribution in [3.8, 4) is 0 Å². The zero-order valence-electron chi connectivity index (χ0n) is 15.4. The Hall–Kier alpha value is -1.05. The third-order valence-electron chi connectivity index (χ3n) is 4.41. The molecule has 1 aromatic rings. The molecule has 7 heteroatoms. The highest BCUT2D eigenvalue weighted by atomic mass is 32.2. The van der Waals surface area contributed by atoms with Gasteiger partial charge in [-0.05, 0) is 25.8 Å². The van der Waals surface area contributed by atoms with E-state index in [2.05, 4.69) is 12.1 Å². The predicted molar refractivity (Wildman–Crippen MR) is 104 cm³/mol. The minimum atomic E-state index is -3.24. The summed E-state index contributed by atoms with van der Waals surface area (Å²) in [4.78, 5) is 14.4. The number of carbonyl (C=O) groups excluding carboxylic acids is 1. The summed E-state index contributed by atoms with van der Waals surface area (Å²) in [6, 6.07) is 8.20. The van der Waals surface area contributed by atoms with Crippen molar-refractivity contribution >= 4 is 27.7 Å². The summed E-state index contributed by atoms with van der Waals surface area (Å²) >= 11 is 1.63. The van der Waals surface area contributed by atoms with E-state index in [-0.39, 0.29) is 22.3 Å². The van der Waals surface area contributed by atoms with Gasteiger partial charge in [0.05, 0.1) is 11.0 Å². The molecule has 140 valence electrons. The second kappa shape index (κ2) is 8.56. The number of sulfonamides is 1. The first kappa shape index (κ1) is 20.3. The van der Waals surface area contributed by atoms with Crippen LogP contribution in [0.3, 0.4) is 0 Å². The number of carbonyl (C=O) groups is 1. The number of benzene rings is 1. The molecule has 2 atom stereocenters. The van der Waals surface area contributed by atoms with Crippen LogP contribution in [0.25, 0.3) is 0 Å². The van der Waals surface area contributed by atoms with Crippen LogP contribution in [-0.4, -0.2) is 54.2 Å². The number of rotatable bonds is 8. The molecule has 1 amide bonds. The van der Waals surface area contributed by atoms with Crippen LogP contribution in [-0.2, 0) is 14.8 Å². The Balaban J connectivity index is 2.14. The lowest BCUT2D eigenvalue weighted by molar-refractivity contribution is -0.129. The van der Waals surface area contributed by atoms with Gasteiger partial charge in [-0.2, -0.15) is 0 Å². The zero-order chi connectivity index (χ0) is 18.6. The first-order valence-corrected chi connectivity index (χ1v) is 11.4. The maximum atomic E-state index is 12.6.